The molecule has 0 saturated carbocycles. The van der Waals surface area contributed by atoms with Crippen LogP contribution >= 0.6 is 0 Å². The molecule has 0 aliphatic carbocycles. The van der Waals surface area contributed by atoms with Crippen molar-refractivity contribution in [2.24, 2.45) is 0 Å². The molecule has 6 nitrogen and oxygen atoms in total. The lowest BCUT2D eigenvalue weighted by Crippen LogP contribution is -2.44. The predicted octanol–water partition coefficient (Wildman–Crippen LogP) is 3.89. The van der Waals surface area contributed by atoms with Crippen molar-refractivity contribution in [1.82, 2.24) is 19.8 Å². The zero-order valence-corrected chi connectivity index (χ0v) is 17.2. The van der Waals surface area contributed by atoms with Gasteiger partial charge in [0, 0.05) is 18.3 Å². The number of amides is 1. The lowest BCUT2D eigenvalue weighted by Gasteiger charge is -2.37. The Labute approximate surface area is 179 Å². The Morgan fingerprint density at radius 3 is 2.61 bits per heavy atom. The minimum Gasteiger partial charge on any atom is -0.368 e. The van der Waals surface area contributed by atoms with Gasteiger partial charge in [-0.3, -0.25) is 9.69 Å². The van der Waals surface area contributed by atoms with Gasteiger partial charge >= 0.3 is 6.18 Å². The summed E-state index contributed by atoms with van der Waals surface area (Å²) in [7, 11) is 0. The number of carbonyl (C=O) groups is 1. The number of nitrogens with two attached hydrogens (primary N) is 1. The van der Waals surface area contributed by atoms with Crippen LogP contribution in [0.15, 0.2) is 30.5 Å². The molecule has 3 heterocycles. The maximum atomic E-state index is 13.3. The summed E-state index contributed by atoms with van der Waals surface area (Å²) in [5, 5.41) is 0. The number of nitrogen functional groups attached to an aromatic ring is 1. The molecule has 1 aromatic carbocycles. The van der Waals surface area contributed by atoms with Gasteiger partial charge < -0.3 is 10.6 Å². The SMILES string of the molecule is Nc1ncc(-c2cccc(C(F)(F)F)c2)c([C@H]2CCCCN2C(=O)CN2CCCC2)n1. The summed E-state index contributed by atoms with van der Waals surface area (Å²) in [6.07, 6.45) is 1.69. The van der Waals surface area contributed by atoms with Gasteiger partial charge in [0.25, 0.3) is 0 Å². The minimum absolute atomic E-state index is 0.0266. The van der Waals surface area contributed by atoms with E-state index in [1.54, 1.807) is 6.07 Å². The number of rotatable bonds is 4. The fourth-order valence-corrected chi connectivity index (χ4v) is 4.49. The molecule has 9 heteroatoms. The Morgan fingerprint density at radius 1 is 1.13 bits per heavy atom. The second-order valence-electron chi connectivity index (χ2n) is 8.19. The van der Waals surface area contributed by atoms with Crippen LogP contribution in [0.4, 0.5) is 19.1 Å². The fourth-order valence-electron chi connectivity index (χ4n) is 4.49. The van der Waals surface area contributed by atoms with Crippen molar-refractivity contribution >= 4 is 11.9 Å². The lowest BCUT2D eigenvalue weighted by molar-refractivity contribution is -0.137. The molecule has 4 rings (SSSR count). The summed E-state index contributed by atoms with van der Waals surface area (Å²) < 4.78 is 39.8. The highest BCUT2D eigenvalue weighted by Gasteiger charge is 2.34. The van der Waals surface area contributed by atoms with E-state index >= 15 is 0 Å². The molecule has 0 bridgehead atoms. The smallest absolute Gasteiger partial charge is 0.368 e. The molecular weight excluding hydrogens is 407 g/mol. The quantitative estimate of drug-likeness (QED) is 0.792. The molecule has 1 aromatic heterocycles. The van der Waals surface area contributed by atoms with Crippen molar-refractivity contribution in [1.29, 1.82) is 0 Å². The molecule has 0 radical (unpaired) electrons. The zero-order valence-electron chi connectivity index (χ0n) is 17.2. The number of alkyl halides is 3. The second-order valence-corrected chi connectivity index (χ2v) is 8.19. The first-order valence-corrected chi connectivity index (χ1v) is 10.6. The van der Waals surface area contributed by atoms with Crippen LogP contribution < -0.4 is 5.73 Å². The van der Waals surface area contributed by atoms with Gasteiger partial charge in [-0.15, -0.1) is 0 Å². The minimum atomic E-state index is -4.45. The third-order valence-corrected chi connectivity index (χ3v) is 6.03. The van der Waals surface area contributed by atoms with E-state index in [0.29, 0.717) is 36.3 Å². The maximum Gasteiger partial charge on any atom is 0.416 e. The summed E-state index contributed by atoms with van der Waals surface area (Å²) in [5.41, 5.74) is 6.47. The molecular formula is C22H26F3N5O. The third-order valence-electron chi connectivity index (χ3n) is 6.03. The number of anilines is 1. The summed E-state index contributed by atoms with van der Waals surface area (Å²) in [6.45, 7) is 2.79. The maximum absolute atomic E-state index is 13.3. The molecule has 31 heavy (non-hydrogen) atoms. The molecule has 2 aromatic rings. The van der Waals surface area contributed by atoms with E-state index in [0.717, 1.165) is 50.9 Å². The Kier molecular flexibility index (Phi) is 6.13. The number of benzene rings is 1. The first kappa shape index (κ1) is 21.5. The van der Waals surface area contributed by atoms with Gasteiger partial charge in [0.2, 0.25) is 11.9 Å². The van der Waals surface area contributed by atoms with E-state index < -0.39 is 11.7 Å². The van der Waals surface area contributed by atoms with Gasteiger partial charge in [-0.1, -0.05) is 12.1 Å². The van der Waals surface area contributed by atoms with E-state index in [4.69, 9.17) is 5.73 Å². The van der Waals surface area contributed by atoms with Gasteiger partial charge in [-0.2, -0.15) is 13.2 Å². The molecule has 2 aliphatic rings. The second kappa shape index (κ2) is 8.82. The number of piperidine rings is 1. The van der Waals surface area contributed by atoms with E-state index in [2.05, 4.69) is 14.9 Å². The number of aromatic nitrogens is 2. The van der Waals surface area contributed by atoms with Crippen molar-refractivity contribution in [2.75, 3.05) is 31.9 Å². The number of halogens is 3. The van der Waals surface area contributed by atoms with Crippen LogP contribution in [0.25, 0.3) is 11.1 Å². The Balaban J connectivity index is 1.69. The molecule has 2 aliphatic heterocycles. The highest BCUT2D eigenvalue weighted by Crippen LogP contribution is 2.38. The monoisotopic (exact) mass is 433 g/mol. The fraction of sp³-hybridized carbons (Fsp3) is 0.500. The topological polar surface area (TPSA) is 75.3 Å². The Hall–Kier alpha value is -2.68. The molecule has 2 N–H and O–H groups in total. The van der Waals surface area contributed by atoms with E-state index in [1.807, 2.05) is 4.90 Å². The number of carbonyl (C=O) groups excluding carboxylic acids is 1. The normalized spacial score (nSPS) is 20.2. The predicted molar refractivity (Wildman–Crippen MR) is 111 cm³/mol. The van der Waals surface area contributed by atoms with Gasteiger partial charge in [-0.05, 0) is 62.9 Å². The first-order chi connectivity index (χ1) is 14.8. The van der Waals surface area contributed by atoms with Crippen molar-refractivity contribution in [3.05, 3.63) is 41.7 Å². The van der Waals surface area contributed by atoms with Gasteiger partial charge in [0.1, 0.15) is 0 Å². The largest absolute Gasteiger partial charge is 0.416 e. The van der Waals surface area contributed by atoms with Crippen LogP contribution in [0.1, 0.15) is 49.4 Å². The number of likely N-dealkylation sites (tertiary alicyclic amines) is 2. The van der Waals surface area contributed by atoms with Gasteiger partial charge in [0.15, 0.2) is 0 Å². The van der Waals surface area contributed by atoms with Crippen molar-refractivity contribution in [3.8, 4) is 11.1 Å². The van der Waals surface area contributed by atoms with Crippen molar-refractivity contribution in [3.63, 3.8) is 0 Å². The number of hydrogen-bond donors (Lipinski definition) is 1. The highest BCUT2D eigenvalue weighted by atomic mass is 19.4. The summed E-state index contributed by atoms with van der Waals surface area (Å²) >= 11 is 0. The van der Waals surface area contributed by atoms with E-state index in [1.165, 1.54) is 12.3 Å². The lowest BCUT2D eigenvalue weighted by atomic mass is 9.93. The molecule has 2 fully saturated rings. The first-order valence-electron chi connectivity index (χ1n) is 10.6. The van der Waals surface area contributed by atoms with E-state index in [-0.39, 0.29) is 17.9 Å². The molecule has 1 amide bonds. The van der Waals surface area contributed by atoms with Crippen LogP contribution in [-0.2, 0) is 11.0 Å². The average molecular weight is 433 g/mol. The van der Waals surface area contributed by atoms with E-state index in [9.17, 15) is 18.0 Å². The number of hydrogen-bond acceptors (Lipinski definition) is 5. The Bertz CT molecular complexity index is 943. The molecule has 0 unspecified atom stereocenters. The molecule has 2 saturated heterocycles. The highest BCUT2D eigenvalue weighted by molar-refractivity contribution is 5.79. The van der Waals surface area contributed by atoms with Gasteiger partial charge in [-0.25, -0.2) is 9.97 Å². The van der Waals surface area contributed by atoms with Crippen LogP contribution in [0.2, 0.25) is 0 Å². The zero-order chi connectivity index (χ0) is 22.0. The third kappa shape index (κ3) is 4.81. The summed E-state index contributed by atoms with van der Waals surface area (Å²) in [4.78, 5) is 25.5. The van der Waals surface area contributed by atoms with Crippen LogP contribution in [0, 0.1) is 0 Å². The molecule has 0 spiro atoms. The standard InChI is InChI=1S/C22H26F3N5O/c23-22(24,25)16-7-5-6-15(12-16)17-13-27-21(26)28-20(17)18-8-1-2-11-30(18)19(31)14-29-9-3-4-10-29/h5-7,12-13,18H,1-4,8-11,14H2,(H2,26,27,28)/t18-/m1/s1. The van der Waals surface area contributed by atoms with Crippen LogP contribution in [0.5, 0.6) is 0 Å². The average Bonchev–Trinajstić information content (AvgIpc) is 3.26. The van der Waals surface area contributed by atoms with Gasteiger partial charge in [0.05, 0.1) is 23.8 Å². The molecule has 166 valence electrons. The summed E-state index contributed by atoms with van der Waals surface area (Å²) in [6, 6.07) is 4.77. The van der Waals surface area contributed by atoms with Crippen LogP contribution in [0.3, 0.4) is 0 Å². The number of nitrogens with zero attached hydrogens (tertiary/aromatic N) is 4. The molecule has 1 atom stereocenters. The van der Waals surface area contributed by atoms with Crippen molar-refractivity contribution in [2.45, 2.75) is 44.3 Å². The van der Waals surface area contributed by atoms with Crippen molar-refractivity contribution < 1.29 is 18.0 Å². The van der Waals surface area contributed by atoms with Crippen LogP contribution in [-0.4, -0.2) is 51.9 Å². The summed E-state index contributed by atoms with van der Waals surface area (Å²) in [5.74, 6) is 0.0713. The Morgan fingerprint density at radius 2 is 1.87 bits per heavy atom.